The topological polar surface area (TPSA) is 95.5 Å². The zero-order valence-electron chi connectivity index (χ0n) is 17.5. The first-order valence-electron chi connectivity index (χ1n) is 10.7. The van der Waals surface area contributed by atoms with Crippen LogP contribution in [0.4, 0.5) is 10.2 Å². The van der Waals surface area contributed by atoms with E-state index < -0.39 is 0 Å². The average Bonchev–Trinajstić information content (AvgIpc) is 3.44. The quantitative estimate of drug-likeness (QED) is 0.573. The van der Waals surface area contributed by atoms with Crippen LogP contribution in [0.25, 0.3) is 5.70 Å². The zero-order chi connectivity index (χ0) is 21.1. The van der Waals surface area contributed by atoms with Crippen molar-refractivity contribution in [2.75, 3.05) is 7.05 Å². The van der Waals surface area contributed by atoms with Gasteiger partial charge < -0.3 is 16.0 Å². The summed E-state index contributed by atoms with van der Waals surface area (Å²) >= 11 is 0. The van der Waals surface area contributed by atoms with Crippen LogP contribution in [0.15, 0.2) is 47.2 Å². The normalized spacial score (nSPS) is 21.5. The molecule has 1 aromatic carbocycles. The summed E-state index contributed by atoms with van der Waals surface area (Å²) < 4.78 is 12.6. The number of hydrogen-bond donors (Lipinski definition) is 4. The van der Waals surface area contributed by atoms with Crippen LogP contribution in [0.3, 0.4) is 0 Å². The van der Waals surface area contributed by atoms with Crippen molar-refractivity contribution >= 4 is 17.9 Å². The lowest BCUT2D eigenvalue weighted by atomic mass is 9.85. The lowest BCUT2D eigenvalue weighted by Gasteiger charge is -2.28. The second-order valence-corrected chi connectivity index (χ2v) is 8.37. The summed E-state index contributed by atoms with van der Waals surface area (Å²) in [5, 5.41) is 4.81. The van der Waals surface area contributed by atoms with E-state index in [4.69, 9.17) is 11.6 Å². The van der Waals surface area contributed by atoms with E-state index in [0.29, 0.717) is 5.92 Å². The van der Waals surface area contributed by atoms with Crippen molar-refractivity contribution in [3.63, 3.8) is 0 Å². The molecule has 0 spiro atoms. The van der Waals surface area contributed by atoms with E-state index in [1.54, 1.807) is 11.3 Å². The molecule has 0 atom stereocenters. The predicted octanol–water partition coefficient (Wildman–Crippen LogP) is 4.11. The fraction of sp³-hybridized carbons (Fsp3) is 0.435. The molecule has 160 valence electrons. The smallest absolute Gasteiger partial charge is 0.141 e. The van der Waals surface area contributed by atoms with Gasteiger partial charge in [-0.3, -0.25) is 5.01 Å². The van der Waals surface area contributed by atoms with E-state index in [1.807, 2.05) is 31.4 Å². The van der Waals surface area contributed by atoms with Gasteiger partial charge in [0, 0.05) is 28.9 Å². The molecule has 0 bridgehead atoms. The van der Waals surface area contributed by atoms with Gasteiger partial charge in [-0.2, -0.15) is 0 Å². The van der Waals surface area contributed by atoms with E-state index >= 15 is 0 Å². The minimum Gasteiger partial charge on any atom is -0.400 e. The van der Waals surface area contributed by atoms with Crippen molar-refractivity contribution in [3.05, 3.63) is 59.2 Å². The zero-order valence-corrected chi connectivity index (χ0v) is 17.5. The number of nitrogens with one attached hydrogen (secondary N) is 2. The molecule has 3 aliphatic rings. The maximum absolute atomic E-state index is 12.6. The molecule has 30 heavy (non-hydrogen) atoms. The van der Waals surface area contributed by atoms with Crippen molar-refractivity contribution in [3.8, 4) is 0 Å². The average molecular weight is 411 g/mol. The highest BCUT2D eigenvalue weighted by molar-refractivity contribution is 5.86. The summed E-state index contributed by atoms with van der Waals surface area (Å²) in [6.45, 7) is 0. The second kappa shape index (κ2) is 8.62. The summed E-state index contributed by atoms with van der Waals surface area (Å²) in [6.07, 6.45) is 12.0. The van der Waals surface area contributed by atoms with Crippen LogP contribution in [0.5, 0.6) is 0 Å². The first-order valence-corrected chi connectivity index (χ1v) is 10.7. The van der Waals surface area contributed by atoms with E-state index in [-0.39, 0.29) is 11.4 Å². The Labute approximate surface area is 177 Å². The molecule has 0 saturated heterocycles. The molecule has 6 N–H and O–H groups in total. The van der Waals surface area contributed by atoms with Crippen LogP contribution < -0.4 is 16.9 Å². The maximum atomic E-state index is 12.6. The minimum atomic E-state index is -0.161. The molecule has 1 aromatic heterocycles. The largest absolute Gasteiger partial charge is 0.400 e. The third-order valence-corrected chi connectivity index (χ3v) is 6.49. The number of aliphatic imine (C=N–C) groups is 1. The molecule has 2 saturated carbocycles. The number of aromatic amines is 1. The van der Waals surface area contributed by atoms with Gasteiger partial charge in [-0.25, -0.2) is 15.2 Å². The van der Waals surface area contributed by atoms with Crippen molar-refractivity contribution in [1.29, 1.82) is 0 Å². The highest BCUT2D eigenvalue weighted by atomic mass is 19.1. The van der Waals surface area contributed by atoms with Crippen LogP contribution in [-0.2, 0) is 5.54 Å². The van der Waals surface area contributed by atoms with Crippen LogP contribution >= 0.6 is 0 Å². The first kappa shape index (κ1) is 20.6. The van der Waals surface area contributed by atoms with Crippen LogP contribution in [-0.4, -0.2) is 23.4 Å². The van der Waals surface area contributed by atoms with E-state index in [1.165, 1.54) is 49.8 Å². The highest BCUT2D eigenvalue weighted by Crippen LogP contribution is 2.44. The van der Waals surface area contributed by atoms with Gasteiger partial charge in [0.15, 0.2) is 0 Å². The van der Waals surface area contributed by atoms with E-state index in [0.717, 1.165) is 35.6 Å². The summed E-state index contributed by atoms with van der Waals surface area (Å²) in [7, 11) is 1.95. The molecule has 0 unspecified atom stereocenters. The number of hydrogen-bond acceptors (Lipinski definition) is 5. The number of hydrazine groups is 1. The molecule has 7 heteroatoms. The maximum Gasteiger partial charge on any atom is 0.141 e. The molecule has 5 rings (SSSR count). The monoisotopic (exact) mass is 410 g/mol. The number of fused-ring (bicyclic) bond motifs is 1. The third kappa shape index (κ3) is 4.13. The van der Waals surface area contributed by atoms with Gasteiger partial charge in [-0.05, 0) is 56.5 Å². The van der Waals surface area contributed by atoms with Gasteiger partial charge in [-0.15, -0.1) is 0 Å². The van der Waals surface area contributed by atoms with Crippen molar-refractivity contribution in [1.82, 2.24) is 15.3 Å². The van der Waals surface area contributed by atoms with Gasteiger partial charge in [0.1, 0.15) is 18.0 Å². The second-order valence-electron chi connectivity index (χ2n) is 8.37. The molecule has 2 fully saturated rings. The number of allylic oxidation sites excluding steroid dienone is 1. The van der Waals surface area contributed by atoms with E-state index in [9.17, 15) is 4.39 Å². The van der Waals surface area contributed by atoms with Gasteiger partial charge in [-0.1, -0.05) is 31.4 Å². The van der Waals surface area contributed by atoms with Crippen molar-refractivity contribution in [2.24, 2.45) is 22.5 Å². The summed E-state index contributed by atoms with van der Waals surface area (Å²) in [6, 6.07) is 8.74. The Hall–Kier alpha value is -2.64. The SMILES string of the molecule is CNC1(c2ccc(F)cc2)CC1.N/C(=C1/c2cc[nH]c2N=CN1N)C1CCCCC1. The van der Waals surface area contributed by atoms with Gasteiger partial charge in [0.2, 0.25) is 0 Å². The Morgan fingerprint density at radius 3 is 2.50 bits per heavy atom. The highest BCUT2D eigenvalue weighted by Gasteiger charge is 2.42. The number of benzene rings is 1. The third-order valence-electron chi connectivity index (χ3n) is 6.49. The summed E-state index contributed by atoms with van der Waals surface area (Å²) in [5.41, 5.74) is 10.6. The molecule has 2 aliphatic carbocycles. The van der Waals surface area contributed by atoms with Crippen LogP contribution in [0, 0.1) is 11.7 Å². The fourth-order valence-corrected chi connectivity index (χ4v) is 4.46. The number of H-pyrrole nitrogens is 1. The lowest BCUT2D eigenvalue weighted by Crippen LogP contribution is -2.33. The minimum absolute atomic E-state index is 0.160. The summed E-state index contributed by atoms with van der Waals surface area (Å²) in [4.78, 5) is 7.34. The number of nitrogens with two attached hydrogens (primary N) is 2. The lowest BCUT2D eigenvalue weighted by molar-refractivity contribution is 0.397. The Bertz CT molecular complexity index is 919. The van der Waals surface area contributed by atoms with Crippen LogP contribution in [0.1, 0.15) is 56.1 Å². The molecule has 6 nitrogen and oxygen atoms in total. The molecular formula is C23H31FN6. The number of aromatic nitrogens is 1. The Kier molecular flexibility index (Phi) is 5.92. The van der Waals surface area contributed by atoms with Gasteiger partial charge in [0.05, 0.1) is 5.70 Å². The Balaban J connectivity index is 0.000000158. The molecule has 0 radical (unpaired) electrons. The van der Waals surface area contributed by atoms with E-state index in [2.05, 4.69) is 15.3 Å². The number of rotatable bonds is 3. The number of halogens is 1. The van der Waals surface area contributed by atoms with Crippen LogP contribution in [0.2, 0.25) is 0 Å². The Morgan fingerprint density at radius 2 is 1.87 bits per heavy atom. The predicted molar refractivity (Wildman–Crippen MR) is 119 cm³/mol. The van der Waals surface area contributed by atoms with Gasteiger partial charge in [0.25, 0.3) is 0 Å². The molecule has 2 heterocycles. The van der Waals surface area contributed by atoms with Crippen molar-refractivity contribution < 1.29 is 4.39 Å². The summed E-state index contributed by atoms with van der Waals surface area (Å²) in [5.74, 6) is 7.12. The molecule has 0 amide bonds. The number of nitrogens with zero attached hydrogens (tertiary/aromatic N) is 2. The molecule has 2 aromatic rings. The molecular weight excluding hydrogens is 379 g/mol. The standard InChI is InChI=1S/C13H19N5.C10H12FN/c14-11(9-4-2-1-3-5-9)12-10-6-7-16-13(10)17-8-18(12)15;1-12-10(6-7-10)8-2-4-9(11)5-3-8/h6-9,16H,1-5,14-15H2;2-5,12H,6-7H2,1H3/b12-11-;. The fourth-order valence-electron chi connectivity index (χ4n) is 4.46. The Morgan fingerprint density at radius 1 is 1.17 bits per heavy atom. The van der Waals surface area contributed by atoms with Gasteiger partial charge >= 0.3 is 0 Å². The first-order chi connectivity index (χ1) is 14.5. The van der Waals surface area contributed by atoms with Crippen molar-refractivity contribution in [2.45, 2.75) is 50.5 Å². The molecule has 1 aliphatic heterocycles.